The first-order valence-corrected chi connectivity index (χ1v) is 6.33. The van der Waals surface area contributed by atoms with Gasteiger partial charge in [-0.25, -0.2) is 0 Å². The summed E-state index contributed by atoms with van der Waals surface area (Å²) in [6.07, 6.45) is 2.69. The van der Waals surface area contributed by atoms with Gasteiger partial charge in [-0.1, -0.05) is 0 Å². The Labute approximate surface area is 102 Å². The highest BCUT2D eigenvalue weighted by Gasteiger charge is 2.20. The van der Waals surface area contributed by atoms with Crippen molar-refractivity contribution in [2.45, 2.75) is 32.6 Å². The summed E-state index contributed by atoms with van der Waals surface area (Å²) >= 11 is 0. The maximum absolute atomic E-state index is 12.0. The van der Waals surface area contributed by atoms with Crippen LogP contribution in [-0.2, 0) is 9.59 Å². The predicted octanol–water partition coefficient (Wildman–Crippen LogP) is 0.699. The molecule has 0 aromatic heterocycles. The number of carboxylic acid groups (broad SMARTS) is 1. The average Bonchev–Trinajstić information content (AvgIpc) is 2.30. The van der Waals surface area contributed by atoms with Gasteiger partial charge in [-0.3, -0.25) is 9.59 Å². The molecule has 1 heterocycles. The molecule has 0 aliphatic carbocycles. The summed E-state index contributed by atoms with van der Waals surface area (Å²) in [6, 6.07) is 0. The molecular formula is C12H22N2O3. The molecule has 1 fully saturated rings. The number of hydrogen-bond acceptors (Lipinski definition) is 3. The van der Waals surface area contributed by atoms with E-state index in [1.54, 1.807) is 4.90 Å². The van der Waals surface area contributed by atoms with Gasteiger partial charge in [0.2, 0.25) is 5.91 Å². The van der Waals surface area contributed by atoms with E-state index < -0.39 is 5.97 Å². The Morgan fingerprint density at radius 1 is 1.35 bits per heavy atom. The average molecular weight is 242 g/mol. The van der Waals surface area contributed by atoms with Crippen LogP contribution < -0.4 is 5.32 Å². The summed E-state index contributed by atoms with van der Waals surface area (Å²) in [5.41, 5.74) is 0. The third kappa shape index (κ3) is 5.17. The maximum Gasteiger partial charge on any atom is 0.305 e. The lowest BCUT2D eigenvalue weighted by Gasteiger charge is -2.26. The largest absolute Gasteiger partial charge is 0.481 e. The minimum Gasteiger partial charge on any atom is -0.481 e. The van der Waals surface area contributed by atoms with Crippen LogP contribution in [-0.4, -0.2) is 48.1 Å². The number of amides is 1. The minimum atomic E-state index is -0.849. The van der Waals surface area contributed by atoms with Gasteiger partial charge >= 0.3 is 5.97 Å². The lowest BCUT2D eigenvalue weighted by Crippen LogP contribution is -2.36. The number of nitrogens with one attached hydrogen (secondary N) is 1. The van der Waals surface area contributed by atoms with Gasteiger partial charge in [-0.15, -0.1) is 0 Å². The van der Waals surface area contributed by atoms with E-state index in [1.165, 1.54) is 0 Å². The molecule has 17 heavy (non-hydrogen) atoms. The fourth-order valence-corrected chi connectivity index (χ4v) is 2.15. The van der Waals surface area contributed by atoms with Crippen molar-refractivity contribution in [2.75, 3.05) is 26.2 Å². The van der Waals surface area contributed by atoms with Crippen molar-refractivity contribution < 1.29 is 14.7 Å². The van der Waals surface area contributed by atoms with Gasteiger partial charge in [0.15, 0.2) is 0 Å². The number of piperidine rings is 1. The van der Waals surface area contributed by atoms with Crippen molar-refractivity contribution in [3.05, 3.63) is 0 Å². The van der Waals surface area contributed by atoms with Gasteiger partial charge in [-0.05, 0) is 38.8 Å². The van der Waals surface area contributed by atoms with E-state index in [0.717, 1.165) is 25.9 Å². The molecule has 1 amide bonds. The molecule has 0 aromatic carbocycles. The van der Waals surface area contributed by atoms with E-state index in [-0.39, 0.29) is 12.3 Å². The van der Waals surface area contributed by atoms with Crippen LogP contribution in [0.15, 0.2) is 0 Å². The predicted molar refractivity (Wildman–Crippen MR) is 64.7 cm³/mol. The molecule has 0 saturated carbocycles. The summed E-state index contributed by atoms with van der Waals surface area (Å²) < 4.78 is 0. The van der Waals surface area contributed by atoms with Crippen molar-refractivity contribution in [3.8, 4) is 0 Å². The van der Waals surface area contributed by atoms with Gasteiger partial charge < -0.3 is 15.3 Å². The number of carboxylic acids is 1. The van der Waals surface area contributed by atoms with Crippen LogP contribution in [0.2, 0.25) is 0 Å². The summed E-state index contributed by atoms with van der Waals surface area (Å²) in [6.45, 7) is 4.79. The molecule has 2 N–H and O–H groups in total. The highest BCUT2D eigenvalue weighted by Crippen LogP contribution is 2.17. The SMILES string of the molecule is CCN(CCC(=O)O)C(=O)CC1CCNCC1. The lowest BCUT2D eigenvalue weighted by molar-refractivity contribution is -0.138. The smallest absolute Gasteiger partial charge is 0.305 e. The Morgan fingerprint density at radius 2 is 2.00 bits per heavy atom. The Balaban J connectivity index is 2.34. The number of carbonyl (C=O) groups excluding carboxylic acids is 1. The van der Waals surface area contributed by atoms with Crippen LogP contribution in [0.1, 0.15) is 32.6 Å². The molecule has 1 aliphatic heterocycles. The summed E-state index contributed by atoms with van der Waals surface area (Å²) in [5.74, 6) is -0.290. The molecule has 1 rings (SSSR count). The minimum absolute atomic E-state index is 0.0335. The molecular weight excluding hydrogens is 220 g/mol. The van der Waals surface area contributed by atoms with Crippen molar-refractivity contribution >= 4 is 11.9 Å². The van der Waals surface area contributed by atoms with E-state index in [1.807, 2.05) is 6.92 Å². The molecule has 98 valence electrons. The van der Waals surface area contributed by atoms with Gasteiger partial charge in [0.1, 0.15) is 0 Å². The first-order chi connectivity index (χ1) is 8.13. The molecule has 0 spiro atoms. The molecule has 5 heteroatoms. The normalized spacial score (nSPS) is 16.8. The monoisotopic (exact) mass is 242 g/mol. The van der Waals surface area contributed by atoms with Crippen LogP contribution in [0, 0.1) is 5.92 Å². The van der Waals surface area contributed by atoms with Crippen LogP contribution in [0.25, 0.3) is 0 Å². The standard InChI is InChI=1S/C12H22N2O3/c1-2-14(8-5-12(16)17)11(15)9-10-3-6-13-7-4-10/h10,13H,2-9H2,1H3,(H,16,17). The number of hydrogen-bond donors (Lipinski definition) is 2. The summed E-state index contributed by atoms with van der Waals surface area (Å²) in [7, 11) is 0. The van der Waals surface area contributed by atoms with Crippen molar-refractivity contribution in [1.29, 1.82) is 0 Å². The van der Waals surface area contributed by atoms with Gasteiger partial charge in [-0.2, -0.15) is 0 Å². The summed E-state index contributed by atoms with van der Waals surface area (Å²) in [4.78, 5) is 24.1. The zero-order valence-corrected chi connectivity index (χ0v) is 10.4. The topological polar surface area (TPSA) is 69.6 Å². The Hall–Kier alpha value is -1.10. The van der Waals surface area contributed by atoms with Gasteiger partial charge in [0, 0.05) is 19.5 Å². The Bertz CT molecular complexity index is 262. The molecule has 0 unspecified atom stereocenters. The van der Waals surface area contributed by atoms with Gasteiger partial charge in [0.05, 0.1) is 6.42 Å². The molecule has 5 nitrogen and oxygen atoms in total. The fraction of sp³-hybridized carbons (Fsp3) is 0.833. The van der Waals surface area contributed by atoms with Crippen LogP contribution >= 0.6 is 0 Å². The number of nitrogens with zero attached hydrogens (tertiary/aromatic N) is 1. The van der Waals surface area contributed by atoms with Crippen molar-refractivity contribution in [1.82, 2.24) is 10.2 Å². The molecule has 0 atom stereocenters. The highest BCUT2D eigenvalue weighted by molar-refractivity contribution is 5.77. The Morgan fingerprint density at radius 3 is 2.53 bits per heavy atom. The second-order valence-corrected chi connectivity index (χ2v) is 4.51. The molecule has 1 aliphatic rings. The van der Waals surface area contributed by atoms with E-state index >= 15 is 0 Å². The third-order valence-corrected chi connectivity index (χ3v) is 3.25. The van der Waals surface area contributed by atoms with Crippen LogP contribution in [0.3, 0.4) is 0 Å². The van der Waals surface area contributed by atoms with Crippen LogP contribution in [0.4, 0.5) is 0 Å². The number of aliphatic carboxylic acids is 1. The van der Waals surface area contributed by atoms with E-state index in [4.69, 9.17) is 5.11 Å². The molecule has 0 aromatic rings. The van der Waals surface area contributed by atoms with Crippen molar-refractivity contribution in [2.24, 2.45) is 5.92 Å². The number of carbonyl (C=O) groups is 2. The quantitative estimate of drug-likeness (QED) is 0.719. The van der Waals surface area contributed by atoms with E-state index in [2.05, 4.69) is 5.32 Å². The molecule has 0 radical (unpaired) electrons. The zero-order valence-electron chi connectivity index (χ0n) is 10.4. The molecule has 0 bridgehead atoms. The second kappa shape index (κ2) is 7.27. The lowest BCUT2D eigenvalue weighted by atomic mass is 9.94. The third-order valence-electron chi connectivity index (χ3n) is 3.25. The second-order valence-electron chi connectivity index (χ2n) is 4.51. The summed E-state index contributed by atoms with van der Waals surface area (Å²) in [5, 5.41) is 11.9. The van der Waals surface area contributed by atoms with E-state index in [0.29, 0.717) is 25.4 Å². The first-order valence-electron chi connectivity index (χ1n) is 6.33. The fourth-order valence-electron chi connectivity index (χ4n) is 2.15. The molecule has 1 saturated heterocycles. The number of rotatable bonds is 6. The maximum atomic E-state index is 12.0. The van der Waals surface area contributed by atoms with E-state index in [9.17, 15) is 9.59 Å². The highest BCUT2D eigenvalue weighted by atomic mass is 16.4. The van der Waals surface area contributed by atoms with Gasteiger partial charge in [0.25, 0.3) is 0 Å². The Kier molecular flexibility index (Phi) is 5.97. The van der Waals surface area contributed by atoms with Crippen molar-refractivity contribution in [3.63, 3.8) is 0 Å². The first kappa shape index (κ1) is 14.0. The zero-order chi connectivity index (χ0) is 12.7. The van der Waals surface area contributed by atoms with Crippen LogP contribution in [0.5, 0.6) is 0 Å².